The van der Waals surface area contributed by atoms with Gasteiger partial charge in [-0.25, -0.2) is 0 Å². The van der Waals surface area contributed by atoms with Crippen LogP contribution in [-0.4, -0.2) is 25.8 Å². The van der Waals surface area contributed by atoms with Gasteiger partial charge in [0.25, 0.3) is 0 Å². The lowest BCUT2D eigenvalue weighted by Gasteiger charge is -2.09. The summed E-state index contributed by atoms with van der Waals surface area (Å²) in [6.45, 7) is 4.52. The SMILES string of the molecule is CCCCCCCCCCCCC(=O)OCC(C)OC. The Kier molecular flexibility index (Phi) is 14.4. The minimum absolute atomic E-state index is 0.00772. The van der Waals surface area contributed by atoms with Crippen molar-refractivity contribution in [2.24, 2.45) is 0 Å². The molecule has 0 saturated heterocycles. The number of rotatable bonds is 14. The standard InChI is InChI=1S/C17H34O3/c1-4-5-6-7-8-9-10-11-12-13-14-17(18)20-15-16(2)19-3/h16H,4-15H2,1-3H3. The fourth-order valence-electron chi connectivity index (χ4n) is 2.11. The summed E-state index contributed by atoms with van der Waals surface area (Å²) >= 11 is 0. The van der Waals surface area contributed by atoms with Crippen LogP contribution in [-0.2, 0) is 14.3 Å². The molecule has 20 heavy (non-hydrogen) atoms. The van der Waals surface area contributed by atoms with Gasteiger partial charge < -0.3 is 9.47 Å². The predicted octanol–water partition coefficient (Wildman–Crippen LogP) is 4.88. The van der Waals surface area contributed by atoms with Crippen LogP contribution in [0.25, 0.3) is 0 Å². The summed E-state index contributed by atoms with van der Waals surface area (Å²) in [6.07, 6.45) is 13.4. The minimum atomic E-state index is -0.0894. The molecule has 0 aromatic rings. The van der Waals surface area contributed by atoms with Crippen molar-refractivity contribution in [3.05, 3.63) is 0 Å². The number of esters is 1. The van der Waals surface area contributed by atoms with Crippen molar-refractivity contribution >= 4 is 5.97 Å². The van der Waals surface area contributed by atoms with Crippen molar-refractivity contribution in [2.75, 3.05) is 13.7 Å². The number of methoxy groups -OCH3 is 1. The minimum Gasteiger partial charge on any atom is -0.463 e. The molecule has 0 amide bonds. The molecule has 0 aliphatic rings. The molecule has 0 rings (SSSR count). The molecular formula is C17H34O3. The van der Waals surface area contributed by atoms with Crippen LogP contribution < -0.4 is 0 Å². The Labute approximate surface area is 125 Å². The van der Waals surface area contributed by atoms with Crippen LogP contribution in [0.1, 0.15) is 84.5 Å². The molecule has 1 unspecified atom stereocenters. The molecule has 0 saturated carbocycles. The maximum absolute atomic E-state index is 11.4. The van der Waals surface area contributed by atoms with E-state index in [1.54, 1.807) is 7.11 Å². The van der Waals surface area contributed by atoms with Crippen molar-refractivity contribution in [2.45, 2.75) is 90.6 Å². The number of hydrogen-bond donors (Lipinski definition) is 0. The molecule has 0 aromatic heterocycles. The molecule has 3 nitrogen and oxygen atoms in total. The fourth-order valence-corrected chi connectivity index (χ4v) is 2.11. The van der Waals surface area contributed by atoms with Crippen molar-refractivity contribution in [1.82, 2.24) is 0 Å². The van der Waals surface area contributed by atoms with Crippen LogP contribution in [0.5, 0.6) is 0 Å². The summed E-state index contributed by atoms with van der Waals surface area (Å²) in [5.41, 5.74) is 0. The van der Waals surface area contributed by atoms with Crippen LogP contribution in [0.15, 0.2) is 0 Å². The van der Waals surface area contributed by atoms with Gasteiger partial charge in [0.1, 0.15) is 6.61 Å². The molecular weight excluding hydrogens is 252 g/mol. The first kappa shape index (κ1) is 19.4. The van der Waals surface area contributed by atoms with E-state index < -0.39 is 0 Å². The van der Waals surface area contributed by atoms with Gasteiger partial charge in [-0.3, -0.25) is 4.79 Å². The number of ether oxygens (including phenoxy) is 2. The zero-order valence-electron chi connectivity index (χ0n) is 13.8. The largest absolute Gasteiger partial charge is 0.463 e. The summed E-state index contributed by atoms with van der Waals surface area (Å²) in [7, 11) is 1.63. The van der Waals surface area contributed by atoms with Crippen LogP contribution in [0, 0.1) is 0 Å². The van der Waals surface area contributed by atoms with E-state index in [0.29, 0.717) is 13.0 Å². The maximum Gasteiger partial charge on any atom is 0.305 e. The highest BCUT2D eigenvalue weighted by Gasteiger charge is 2.05. The molecule has 120 valence electrons. The van der Waals surface area contributed by atoms with Gasteiger partial charge in [0.15, 0.2) is 0 Å². The lowest BCUT2D eigenvalue weighted by atomic mass is 10.1. The Balaban J connectivity index is 3.17. The first-order valence-electron chi connectivity index (χ1n) is 8.39. The second-order valence-corrected chi connectivity index (χ2v) is 5.66. The third kappa shape index (κ3) is 13.9. The Bertz CT molecular complexity index is 216. The first-order chi connectivity index (χ1) is 9.70. The Morgan fingerprint density at radius 3 is 1.90 bits per heavy atom. The quantitative estimate of drug-likeness (QED) is 0.337. The van der Waals surface area contributed by atoms with E-state index in [1.807, 2.05) is 6.92 Å². The van der Waals surface area contributed by atoms with Gasteiger partial charge in [0.2, 0.25) is 0 Å². The van der Waals surface area contributed by atoms with Crippen LogP contribution >= 0.6 is 0 Å². The summed E-state index contributed by atoms with van der Waals surface area (Å²) in [5.74, 6) is -0.0894. The van der Waals surface area contributed by atoms with Gasteiger partial charge >= 0.3 is 5.97 Å². The van der Waals surface area contributed by atoms with Crippen molar-refractivity contribution in [3.63, 3.8) is 0 Å². The molecule has 0 N–H and O–H groups in total. The van der Waals surface area contributed by atoms with Crippen LogP contribution in [0.4, 0.5) is 0 Å². The summed E-state index contributed by atoms with van der Waals surface area (Å²) in [6, 6.07) is 0. The Morgan fingerprint density at radius 2 is 1.40 bits per heavy atom. The van der Waals surface area contributed by atoms with Gasteiger partial charge in [-0.05, 0) is 13.3 Å². The van der Waals surface area contributed by atoms with Gasteiger partial charge in [0.05, 0.1) is 6.10 Å². The zero-order chi connectivity index (χ0) is 15.1. The first-order valence-corrected chi connectivity index (χ1v) is 8.39. The predicted molar refractivity (Wildman–Crippen MR) is 83.9 cm³/mol. The lowest BCUT2D eigenvalue weighted by molar-refractivity contribution is -0.147. The topological polar surface area (TPSA) is 35.5 Å². The molecule has 1 atom stereocenters. The molecule has 0 bridgehead atoms. The van der Waals surface area contributed by atoms with Gasteiger partial charge in [0, 0.05) is 13.5 Å². The van der Waals surface area contributed by atoms with Crippen molar-refractivity contribution in [1.29, 1.82) is 0 Å². The highest BCUT2D eigenvalue weighted by molar-refractivity contribution is 5.69. The third-order valence-corrected chi connectivity index (χ3v) is 3.62. The highest BCUT2D eigenvalue weighted by atomic mass is 16.6. The number of unbranched alkanes of at least 4 members (excludes halogenated alkanes) is 9. The van der Waals surface area contributed by atoms with E-state index >= 15 is 0 Å². The maximum atomic E-state index is 11.4. The molecule has 0 aliphatic carbocycles. The molecule has 0 fully saturated rings. The van der Waals surface area contributed by atoms with Crippen molar-refractivity contribution in [3.8, 4) is 0 Å². The molecule has 0 aromatic carbocycles. The van der Waals surface area contributed by atoms with E-state index in [0.717, 1.165) is 12.8 Å². The van der Waals surface area contributed by atoms with Crippen molar-refractivity contribution < 1.29 is 14.3 Å². The second kappa shape index (κ2) is 14.8. The molecule has 3 heteroatoms. The van der Waals surface area contributed by atoms with E-state index in [-0.39, 0.29) is 12.1 Å². The third-order valence-electron chi connectivity index (χ3n) is 3.62. The zero-order valence-corrected chi connectivity index (χ0v) is 13.8. The fraction of sp³-hybridized carbons (Fsp3) is 0.941. The number of carbonyl (C=O) groups excluding carboxylic acids is 1. The lowest BCUT2D eigenvalue weighted by Crippen LogP contribution is -2.17. The Hall–Kier alpha value is -0.570. The van der Waals surface area contributed by atoms with Crippen LogP contribution in [0.3, 0.4) is 0 Å². The smallest absolute Gasteiger partial charge is 0.305 e. The average molecular weight is 286 g/mol. The normalized spacial score (nSPS) is 12.3. The van der Waals surface area contributed by atoms with E-state index in [2.05, 4.69) is 6.92 Å². The summed E-state index contributed by atoms with van der Waals surface area (Å²) in [5, 5.41) is 0. The van der Waals surface area contributed by atoms with E-state index in [4.69, 9.17) is 9.47 Å². The number of carbonyl (C=O) groups is 1. The second-order valence-electron chi connectivity index (χ2n) is 5.66. The molecule has 0 radical (unpaired) electrons. The van der Waals surface area contributed by atoms with Gasteiger partial charge in [-0.1, -0.05) is 64.7 Å². The summed E-state index contributed by atoms with van der Waals surface area (Å²) < 4.78 is 10.1. The molecule has 0 spiro atoms. The monoisotopic (exact) mass is 286 g/mol. The van der Waals surface area contributed by atoms with E-state index in [1.165, 1.54) is 51.4 Å². The Morgan fingerprint density at radius 1 is 0.900 bits per heavy atom. The van der Waals surface area contributed by atoms with Gasteiger partial charge in [-0.15, -0.1) is 0 Å². The van der Waals surface area contributed by atoms with Gasteiger partial charge in [-0.2, -0.15) is 0 Å². The highest BCUT2D eigenvalue weighted by Crippen LogP contribution is 2.11. The molecule has 0 heterocycles. The van der Waals surface area contributed by atoms with E-state index in [9.17, 15) is 4.79 Å². The average Bonchev–Trinajstić information content (AvgIpc) is 2.46. The summed E-state index contributed by atoms with van der Waals surface area (Å²) in [4.78, 5) is 11.4. The van der Waals surface area contributed by atoms with Crippen LogP contribution in [0.2, 0.25) is 0 Å². The molecule has 0 aliphatic heterocycles. The number of hydrogen-bond acceptors (Lipinski definition) is 3.